The summed E-state index contributed by atoms with van der Waals surface area (Å²) in [4.78, 5) is 0. The fourth-order valence-corrected chi connectivity index (χ4v) is 2.45. The highest BCUT2D eigenvalue weighted by molar-refractivity contribution is 5.43. The molecule has 0 N–H and O–H groups in total. The molecule has 1 unspecified atom stereocenters. The van der Waals surface area contributed by atoms with Gasteiger partial charge in [0.25, 0.3) is 0 Å². The molecule has 0 fully saturated rings. The zero-order valence-electron chi connectivity index (χ0n) is 15.7. The van der Waals surface area contributed by atoms with Crippen LogP contribution in [0.3, 0.4) is 0 Å². The third-order valence-electron chi connectivity index (χ3n) is 3.97. The van der Waals surface area contributed by atoms with Gasteiger partial charge in [-0.15, -0.1) is 0 Å². The lowest BCUT2D eigenvalue weighted by Gasteiger charge is -2.21. The number of allylic oxidation sites excluding steroid dienone is 8. The van der Waals surface area contributed by atoms with Gasteiger partial charge >= 0.3 is 0 Å². The highest BCUT2D eigenvalue weighted by Gasteiger charge is 2.13. The second-order valence-electron chi connectivity index (χ2n) is 6.51. The van der Waals surface area contributed by atoms with Crippen LogP contribution in [0.4, 0.5) is 0 Å². The summed E-state index contributed by atoms with van der Waals surface area (Å²) in [6.07, 6.45) is 13.6. The number of hydrogen-bond donors (Lipinski definition) is 0. The van der Waals surface area contributed by atoms with Gasteiger partial charge in [-0.3, -0.25) is 0 Å². The smallest absolute Gasteiger partial charge is 0.0228 e. The molecule has 0 aromatic rings. The van der Waals surface area contributed by atoms with Gasteiger partial charge in [0.1, 0.15) is 0 Å². The van der Waals surface area contributed by atoms with Crippen molar-refractivity contribution in [1.82, 2.24) is 0 Å². The molecule has 0 amide bonds. The van der Waals surface area contributed by atoms with E-state index in [1.807, 2.05) is 26.8 Å². The Morgan fingerprint density at radius 1 is 1.05 bits per heavy atom. The molecule has 1 aliphatic rings. The first-order chi connectivity index (χ1) is 10.4. The Morgan fingerprint density at radius 2 is 1.68 bits per heavy atom. The third kappa shape index (κ3) is 8.22. The van der Waals surface area contributed by atoms with Gasteiger partial charge in [-0.1, -0.05) is 89.6 Å². The summed E-state index contributed by atoms with van der Waals surface area (Å²) in [6, 6.07) is 0. The van der Waals surface area contributed by atoms with E-state index in [9.17, 15) is 0 Å². The van der Waals surface area contributed by atoms with Gasteiger partial charge in [-0.05, 0) is 49.2 Å². The van der Waals surface area contributed by atoms with Gasteiger partial charge in [-0.25, -0.2) is 0 Å². The molecule has 0 heterocycles. The standard InChI is InChI=1S/C20H30.C2H6/c1-15(2)7-9-17(5)19-11-13-20(14-12-19)18(6)10-8-16(3)4;1-2/h7,9,11,13,16,18H,1,5,8,10,12,14H2,2-4,6H3;1-2H3/b9-7-;. The number of rotatable bonds is 7. The normalized spacial score (nSPS) is 15.8. The highest BCUT2D eigenvalue weighted by Crippen LogP contribution is 2.30. The molecule has 0 saturated heterocycles. The minimum Gasteiger partial charge on any atom is -0.0961 e. The summed E-state index contributed by atoms with van der Waals surface area (Å²) in [5.41, 5.74) is 5.16. The van der Waals surface area contributed by atoms with Crippen molar-refractivity contribution >= 4 is 0 Å². The Labute approximate surface area is 139 Å². The molecule has 22 heavy (non-hydrogen) atoms. The summed E-state index contributed by atoms with van der Waals surface area (Å²) in [5, 5.41) is 0. The lowest BCUT2D eigenvalue weighted by molar-refractivity contribution is 0.480. The van der Waals surface area contributed by atoms with Crippen molar-refractivity contribution in [2.24, 2.45) is 11.8 Å². The molecule has 0 radical (unpaired) electrons. The van der Waals surface area contributed by atoms with E-state index in [2.05, 4.69) is 52.2 Å². The van der Waals surface area contributed by atoms with E-state index in [-0.39, 0.29) is 0 Å². The zero-order valence-corrected chi connectivity index (χ0v) is 15.7. The maximum Gasteiger partial charge on any atom is -0.0228 e. The molecule has 1 aliphatic carbocycles. The molecule has 1 atom stereocenters. The Bertz CT molecular complexity index is 441. The van der Waals surface area contributed by atoms with E-state index in [1.54, 1.807) is 5.57 Å². The molecular weight excluding hydrogens is 264 g/mol. The van der Waals surface area contributed by atoms with Crippen LogP contribution < -0.4 is 0 Å². The van der Waals surface area contributed by atoms with E-state index in [0.717, 1.165) is 29.4 Å². The molecule has 0 aromatic heterocycles. The van der Waals surface area contributed by atoms with Crippen molar-refractivity contribution in [1.29, 1.82) is 0 Å². The molecule has 0 heteroatoms. The second-order valence-corrected chi connectivity index (χ2v) is 6.51. The predicted octanol–water partition coefficient (Wildman–Crippen LogP) is 7.42. The SMILES string of the molecule is C=C(C)/C=C\C(=C)C1=CC=C(C(C)CCC(C)C)CC1.CC. The molecule has 0 nitrogen and oxygen atoms in total. The quantitative estimate of drug-likeness (QED) is 0.429. The first kappa shape index (κ1) is 20.7. The molecule has 0 spiro atoms. The Kier molecular flexibility index (Phi) is 10.6. The van der Waals surface area contributed by atoms with Gasteiger partial charge < -0.3 is 0 Å². The summed E-state index contributed by atoms with van der Waals surface area (Å²) >= 11 is 0. The van der Waals surface area contributed by atoms with E-state index in [1.165, 1.54) is 24.8 Å². The zero-order chi connectivity index (χ0) is 17.1. The Morgan fingerprint density at radius 3 is 2.14 bits per heavy atom. The molecule has 1 rings (SSSR count). The van der Waals surface area contributed by atoms with Crippen molar-refractivity contribution in [3.8, 4) is 0 Å². The minimum absolute atomic E-state index is 0.717. The van der Waals surface area contributed by atoms with Crippen LogP contribution in [0, 0.1) is 11.8 Å². The van der Waals surface area contributed by atoms with Crippen LogP contribution in [0.15, 0.2) is 59.8 Å². The van der Waals surface area contributed by atoms with Crippen LogP contribution in [-0.2, 0) is 0 Å². The molecule has 0 aromatic carbocycles. The van der Waals surface area contributed by atoms with Crippen LogP contribution in [0.1, 0.15) is 67.2 Å². The molecule has 0 bridgehead atoms. The van der Waals surface area contributed by atoms with Crippen molar-refractivity contribution in [2.45, 2.75) is 67.2 Å². The topological polar surface area (TPSA) is 0 Å². The first-order valence-corrected chi connectivity index (χ1v) is 8.82. The van der Waals surface area contributed by atoms with Crippen molar-refractivity contribution in [3.05, 3.63) is 59.8 Å². The summed E-state index contributed by atoms with van der Waals surface area (Å²) in [7, 11) is 0. The second kappa shape index (κ2) is 11.3. The van der Waals surface area contributed by atoms with Gasteiger partial charge in [0, 0.05) is 0 Å². The van der Waals surface area contributed by atoms with Crippen LogP contribution >= 0.6 is 0 Å². The molecule has 0 saturated carbocycles. The van der Waals surface area contributed by atoms with E-state index in [0.29, 0.717) is 0 Å². The maximum atomic E-state index is 4.15. The van der Waals surface area contributed by atoms with Crippen LogP contribution in [0.5, 0.6) is 0 Å². The largest absolute Gasteiger partial charge is 0.0961 e. The van der Waals surface area contributed by atoms with Gasteiger partial charge in [-0.2, -0.15) is 0 Å². The van der Waals surface area contributed by atoms with Crippen molar-refractivity contribution < 1.29 is 0 Å². The molecular formula is C22H36. The van der Waals surface area contributed by atoms with Crippen LogP contribution in [0.2, 0.25) is 0 Å². The monoisotopic (exact) mass is 300 g/mol. The lowest BCUT2D eigenvalue weighted by Crippen LogP contribution is -2.05. The fourth-order valence-electron chi connectivity index (χ4n) is 2.45. The Hall–Kier alpha value is -1.30. The number of hydrogen-bond acceptors (Lipinski definition) is 0. The van der Waals surface area contributed by atoms with Crippen LogP contribution in [0.25, 0.3) is 0 Å². The predicted molar refractivity (Wildman–Crippen MR) is 103 cm³/mol. The summed E-state index contributed by atoms with van der Waals surface area (Å²) in [5.74, 6) is 1.52. The average molecular weight is 301 g/mol. The van der Waals surface area contributed by atoms with E-state index in [4.69, 9.17) is 0 Å². The van der Waals surface area contributed by atoms with Crippen molar-refractivity contribution in [3.63, 3.8) is 0 Å². The fraction of sp³-hybridized carbons (Fsp3) is 0.545. The van der Waals surface area contributed by atoms with Gasteiger partial charge in [0.15, 0.2) is 0 Å². The van der Waals surface area contributed by atoms with E-state index >= 15 is 0 Å². The first-order valence-electron chi connectivity index (χ1n) is 8.82. The van der Waals surface area contributed by atoms with Crippen molar-refractivity contribution in [2.75, 3.05) is 0 Å². The third-order valence-corrected chi connectivity index (χ3v) is 3.97. The lowest BCUT2D eigenvalue weighted by atomic mass is 9.85. The van der Waals surface area contributed by atoms with Crippen LogP contribution in [-0.4, -0.2) is 0 Å². The Balaban J connectivity index is 0.00000211. The molecule has 0 aliphatic heterocycles. The minimum atomic E-state index is 0.717. The van der Waals surface area contributed by atoms with E-state index < -0.39 is 0 Å². The summed E-state index contributed by atoms with van der Waals surface area (Å²) < 4.78 is 0. The highest BCUT2D eigenvalue weighted by atomic mass is 14.2. The average Bonchev–Trinajstić information content (AvgIpc) is 2.52. The van der Waals surface area contributed by atoms with Gasteiger partial charge in [0.05, 0.1) is 0 Å². The summed E-state index contributed by atoms with van der Waals surface area (Å²) in [6.45, 7) is 21.0. The van der Waals surface area contributed by atoms with Gasteiger partial charge in [0.2, 0.25) is 0 Å². The molecule has 124 valence electrons. The maximum absolute atomic E-state index is 4.15.